The molecule has 0 bridgehead atoms. The number of nitro benzene ring substituents is 1. The molecule has 0 N–H and O–H groups in total. The molecule has 186 valence electrons. The predicted octanol–water partition coefficient (Wildman–Crippen LogP) is 5.36. The van der Waals surface area contributed by atoms with Crippen LogP contribution in [0.4, 0.5) is 5.69 Å². The summed E-state index contributed by atoms with van der Waals surface area (Å²) in [5.74, 6) is 2.25. The normalized spacial score (nSPS) is 11.1. The van der Waals surface area contributed by atoms with E-state index in [1.54, 1.807) is 18.4 Å². The van der Waals surface area contributed by atoms with E-state index in [9.17, 15) is 14.9 Å². The van der Waals surface area contributed by atoms with Crippen LogP contribution in [-0.2, 0) is 30.8 Å². The van der Waals surface area contributed by atoms with E-state index in [1.807, 2.05) is 59.2 Å². The van der Waals surface area contributed by atoms with Gasteiger partial charge in [0.25, 0.3) is 5.69 Å². The highest BCUT2D eigenvalue weighted by atomic mass is 16.6. The van der Waals surface area contributed by atoms with Gasteiger partial charge in [0.15, 0.2) is 0 Å². The van der Waals surface area contributed by atoms with Gasteiger partial charge in [-0.05, 0) is 48.7 Å². The van der Waals surface area contributed by atoms with Crippen molar-refractivity contribution in [2.24, 2.45) is 0 Å². The van der Waals surface area contributed by atoms with Gasteiger partial charge in [-0.2, -0.15) is 0 Å². The van der Waals surface area contributed by atoms with Gasteiger partial charge in [0, 0.05) is 25.2 Å². The van der Waals surface area contributed by atoms with E-state index in [-0.39, 0.29) is 18.1 Å². The highest BCUT2D eigenvalue weighted by Crippen LogP contribution is 2.17. The third kappa shape index (κ3) is 7.16. The van der Waals surface area contributed by atoms with Crippen LogP contribution < -0.4 is 0 Å². The van der Waals surface area contributed by atoms with Gasteiger partial charge in [0.05, 0.1) is 30.8 Å². The molecule has 0 spiro atoms. The zero-order chi connectivity index (χ0) is 25.3. The average molecular weight is 488 g/mol. The Bertz CT molecular complexity index is 1250. The Morgan fingerprint density at radius 2 is 1.64 bits per heavy atom. The fourth-order valence-corrected chi connectivity index (χ4v) is 4.02. The van der Waals surface area contributed by atoms with Crippen LogP contribution in [0.1, 0.15) is 28.4 Å². The molecule has 36 heavy (non-hydrogen) atoms. The number of hydrogen-bond donors (Lipinski definition) is 0. The van der Waals surface area contributed by atoms with E-state index in [4.69, 9.17) is 8.83 Å². The van der Waals surface area contributed by atoms with E-state index in [0.29, 0.717) is 26.2 Å². The lowest BCUT2D eigenvalue weighted by atomic mass is 10.1. The standard InChI is InChI=1S/C28H29N3O5/c1-22-9-14-27(36-22)20-30(16-15-23-6-3-2-4-7-23)28(32)21-29(19-26-8-5-17-35-26)18-24-10-12-25(13-11-24)31(33)34/h2-14,17H,15-16,18-21H2,1H3. The molecular weight excluding hydrogens is 458 g/mol. The van der Waals surface area contributed by atoms with E-state index < -0.39 is 4.92 Å². The number of carbonyl (C=O) groups is 1. The zero-order valence-electron chi connectivity index (χ0n) is 20.2. The van der Waals surface area contributed by atoms with Gasteiger partial charge in [0.2, 0.25) is 5.91 Å². The molecule has 4 aromatic rings. The molecule has 2 heterocycles. The van der Waals surface area contributed by atoms with E-state index in [2.05, 4.69) is 12.1 Å². The van der Waals surface area contributed by atoms with Crippen LogP contribution >= 0.6 is 0 Å². The average Bonchev–Trinajstić information content (AvgIpc) is 3.54. The number of rotatable bonds is 12. The van der Waals surface area contributed by atoms with Crippen molar-refractivity contribution in [1.29, 1.82) is 0 Å². The Morgan fingerprint density at radius 1 is 0.861 bits per heavy atom. The number of nitrogens with zero attached hydrogens (tertiary/aromatic N) is 3. The summed E-state index contributed by atoms with van der Waals surface area (Å²) in [5, 5.41) is 11.0. The molecule has 0 aliphatic rings. The second-order valence-electron chi connectivity index (χ2n) is 8.71. The Labute approximate surface area is 209 Å². The van der Waals surface area contributed by atoms with Crippen molar-refractivity contribution >= 4 is 11.6 Å². The number of carbonyl (C=O) groups excluding carboxylic acids is 1. The van der Waals surface area contributed by atoms with Crippen molar-refractivity contribution in [1.82, 2.24) is 9.80 Å². The van der Waals surface area contributed by atoms with Crippen molar-refractivity contribution < 1.29 is 18.6 Å². The maximum Gasteiger partial charge on any atom is 0.269 e. The van der Waals surface area contributed by atoms with Crippen LogP contribution in [0.15, 0.2) is 94.0 Å². The third-order valence-corrected chi connectivity index (χ3v) is 5.88. The minimum absolute atomic E-state index is 0.0338. The predicted molar refractivity (Wildman–Crippen MR) is 135 cm³/mol. The molecule has 4 rings (SSSR count). The quantitative estimate of drug-likeness (QED) is 0.197. The lowest BCUT2D eigenvalue weighted by Gasteiger charge is -2.27. The molecule has 2 aromatic heterocycles. The summed E-state index contributed by atoms with van der Waals surface area (Å²) >= 11 is 0. The molecule has 0 saturated heterocycles. The maximum atomic E-state index is 13.6. The first-order chi connectivity index (χ1) is 17.5. The number of aryl methyl sites for hydroxylation is 1. The number of benzene rings is 2. The fourth-order valence-electron chi connectivity index (χ4n) is 4.02. The maximum absolute atomic E-state index is 13.6. The number of nitro groups is 1. The van der Waals surface area contributed by atoms with Crippen LogP contribution in [0.2, 0.25) is 0 Å². The van der Waals surface area contributed by atoms with Crippen molar-refractivity contribution in [3.8, 4) is 0 Å². The topological polar surface area (TPSA) is 93.0 Å². The number of hydrogen-bond acceptors (Lipinski definition) is 6. The first kappa shape index (κ1) is 24.9. The van der Waals surface area contributed by atoms with Gasteiger partial charge in [-0.3, -0.25) is 19.8 Å². The van der Waals surface area contributed by atoms with Gasteiger partial charge in [-0.25, -0.2) is 0 Å². The minimum Gasteiger partial charge on any atom is -0.468 e. The second-order valence-corrected chi connectivity index (χ2v) is 8.71. The van der Waals surface area contributed by atoms with E-state index in [0.717, 1.165) is 34.8 Å². The first-order valence-corrected chi connectivity index (χ1v) is 11.8. The number of amides is 1. The fraction of sp³-hybridized carbons (Fsp3) is 0.250. The molecule has 0 fully saturated rings. The van der Waals surface area contributed by atoms with Gasteiger partial charge in [-0.15, -0.1) is 0 Å². The van der Waals surface area contributed by atoms with Crippen molar-refractivity contribution in [2.75, 3.05) is 13.1 Å². The lowest BCUT2D eigenvalue weighted by Crippen LogP contribution is -2.40. The van der Waals surface area contributed by atoms with Crippen LogP contribution in [0, 0.1) is 17.0 Å². The van der Waals surface area contributed by atoms with Crippen molar-refractivity contribution in [2.45, 2.75) is 33.0 Å². The molecule has 8 nitrogen and oxygen atoms in total. The molecule has 0 unspecified atom stereocenters. The van der Waals surface area contributed by atoms with Crippen LogP contribution in [0.25, 0.3) is 0 Å². The third-order valence-electron chi connectivity index (χ3n) is 5.88. The minimum atomic E-state index is -0.422. The number of furan rings is 2. The largest absolute Gasteiger partial charge is 0.468 e. The van der Waals surface area contributed by atoms with Gasteiger partial charge >= 0.3 is 0 Å². The van der Waals surface area contributed by atoms with Crippen molar-refractivity contribution in [3.05, 3.63) is 124 Å². The Kier molecular flexibility index (Phi) is 8.31. The van der Waals surface area contributed by atoms with E-state index >= 15 is 0 Å². The van der Waals surface area contributed by atoms with Crippen molar-refractivity contribution in [3.63, 3.8) is 0 Å². The molecule has 2 aromatic carbocycles. The molecule has 0 saturated carbocycles. The molecular formula is C28H29N3O5. The SMILES string of the molecule is Cc1ccc(CN(CCc2ccccc2)C(=O)CN(Cc2ccc([N+](=O)[O-])cc2)Cc2ccco2)o1. The summed E-state index contributed by atoms with van der Waals surface area (Å²) in [6.07, 6.45) is 2.33. The lowest BCUT2D eigenvalue weighted by molar-refractivity contribution is -0.384. The van der Waals surface area contributed by atoms with Gasteiger partial charge in [-0.1, -0.05) is 42.5 Å². The van der Waals surface area contributed by atoms with Crippen LogP contribution in [0.5, 0.6) is 0 Å². The molecule has 0 aliphatic carbocycles. The summed E-state index contributed by atoms with van der Waals surface area (Å²) in [5.41, 5.74) is 2.06. The second kappa shape index (κ2) is 12.0. The Morgan fingerprint density at radius 3 is 2.28 bits per heavy atom. The zero-order valence-corrected chi connectivity index (χ0v) is 20.2. The van der Waals surface area contributed by atoms with Gasteiger partial charge in [0.1, 0.15) is 17.3 Å². The number of non-ortho nitro benzene ring substituents is 1. The summed E-state index contributed by atoms with van der Waals surface area (Å²) in [7, 11) is 0. The summed E-state index contributed by atoms with van der Waals surface area (Å²) in [4.78, 5) is 27.9. The summed E-state index contributed by atoms with van der Waals surface area (Å²) < 4.78 is 11.3. The highest BCUT2D eigenvalue weighted by Gasteiger charge is 2.21. The molecule has 8 heteroatoms. The smallest absolute Gasteiger partial charge is 0.269 e. The highest BCUT2D eigenvalue weighted by molar-refractivity contribution is 5.78. The van der Waals surface area contributed by atoms with Crippen LogP contribution in [0.3, 0.4) is 0 Å². The Hall–Kier alpha value is -4.17. The van der Waals surface area contributed by atoms with Crippen LogP contribution in [-0.4, -0.2) is 33.7 Å². The molecule has 1 amide bonds. The van der Waals surface area contributed by atoms with Gasteiger partial charge < -0.3 is 13.7 Å². The first-order valence-electron chi connectivity index (χ1n) is 11.8. The summed E-state index contributed by atoms with van der Waals surface area (Å²) in [6, 6.07) is 23.9. The van der Waals surface area contributed by atoms with E-state index in [1.165, 1.54) is 12.1 Å². The summed E-state index contributed by atoms with van der Waals surface area (Å²) in [6.45, 7) is 3.85. The molecule has 0 radical (unpaired) electrons. The monoisotopic (exact) mass is 487 g/mol. The Balaban J connectivity index is 1.49. The molecule has 0 aliphatic heterocycles. The molecule has 0 atom stereocenters.